The molecular formula is C28H22ClNO4. The van der Waals surface area contributed by atoms with E-state index in [0.29, 0.717) is 33.2 Å². The molecule has 0 bridgehead atoms. The van der Waals surface area contributed by atoms with Crippen LogP contribution in [0.5, 0.6) is 0 Å². The van der Waals surface area contributed by atoms with Crippen molar-refractivity contribution < 1.29 is 18.4 Å². The highest BCUT2D eigenvalue weighted by Crippen LogP contribution is 2.33. The fourth-order valence-corrected chi connectivity index (χ4v) is 4.14. The minimum absolute atomic E-state index is 0.0796. The fourth-order valence-electron chi connectivity index (χ4n) is 4.01. The van der Waals surface area contributed by atoms with Crippen molar-refractivity contribution >= 4 is 50.9 Å². The van der Waals surface area contributed by atoms with Gasteiger partial charge in [-0.25, -0.2) is 0 Å². The minimum atomic E-state index is -0.335. The van der Waals surface area contributed by atoms with E-state index in [-0.39, 0.29) is 23.9 Å². The Balaban J connectivity index is 1.48. The topological polar surface area (TPSA) is 72.5 Å². The Morgan fingerprint density at radius 3 is 2.47 bits per heavy atom. The molecule has 5 rings (SSSR count). The highest BCUT2D eigenvalue weighted by atomic mass is 35.5. The maximum absolute atomic E-state index is 13.2. The maximum Gasteiger partial charge on any atom is 0.230 e. The number of hydrogen-bond donors (Lipinski definition) is 1. The van der Waals surface area contributed by atoms with Crippen LogP contribution in [0.25, 0.3) is 21.9 Å². The summed E-state index contributed by atoms with van der Waals surface area (Å²) in [5, 5.41) is 5.02. The lowest BCUT2D eigenvalue weighted by Gasteiger charge is -2.07. The molecule has 0 fully saturated rings. The third kappa shape index (κ3) is 4.11. The van der Waals surface area contributed by atoms with Crippen LogP contribution in [-0.4, -0.2) is 11.7 Å². The number of carbonyl (C=O) groups is 2. The van der Waals surface area contributed by atoms with E-state index in [2.05, 4.69) is 25.2 Å². The fraction of sp³-hybridized carbons (Fsp3) is 0.143. The average Bonchev–Trinajstić information content (AvgIpc) is 3.40. The van der Waals surface area contributed by atoms with Crippen LogP contribution in [0, 0.1) is 0 Å². The van der Waals surface area contributed by atoms with E-state index in [9.17, 15) is 9.59 Å². The third-order valence-electron chi connectivity index (χ3n) is 5.87. The van der Waals surface area contributed by atoms with E-state index < -0.39 is 0 Å². The number of hydrogen-bond acceptors (Lipinski definition) is 4. The number of furan rings is 2. The molecule has 0 aliphatic rings. The highest BCUT2D eigenvalue weighted by Gasteiger charge is 2.24. The van der Waals surface area contributed by atoms with Crippen molar-refractivity contribution in [2.75, 3.05) is 5.32 Å². The molecule has 0 saturated heterocycles. The summed E-state index contributed by atoms with van der Waals surface area (Å²) in [6, 6.07) is 19.8. The van der Waals surface area contributed by atoms with Gasteiger partial charge in [-0.15, -0.1) is 0 Å². The summed E-state index contributed by atoms with van der Waals surface area (Å²) >= 11 is 5.96. The van der Waals surface area contributed by atoms with Gasteiger partial charge in [0.2, 0.25) is 11.7 Å². The Labute approximate surface area is 201 Å². The van der Waals surface area contributed by atoms with E-state index in [1.54, 1.807) is 36.6 Å². The standard InChI is InChI=1S/C28H22ClNO4/c1-16(2)18-9-12-23-22(13-18)19(15-33-23)14-25(31)30-26-21-5-3-4-6-24(21)34-28(26)27(32)17-7-10-20(29)11-8-17/h3-13,15-16H,14H2,1-2H3,(H,30,31). The summed E-state index contributed by atoms with van der Waals surface area (Å²) in [4.78, 5) is 26.3. The van der Waals surface area contributed by atoms with Crippen molar-refractivity contribution in [2.45, 2.75) is 26.2 Å². The van der Waals surface area contributed by atoms with Crippen molar-refractivity contribution in [3.63, 3.8) is 0 Å². The average molecular weight is 472 g/mol. The van der Waals surface area contributed by atoms with Crippen LogP contribution in [0.4, 0.5) is 5.69 Å². The number of fused-ring (bicyclic) bond motifs is 2. The number of ketones is 1. The van der Waals surface area contributed by atoms with Gasteiger partial charge in [0.05, 0.1) is 18.4 Å². The maximum atomic E-state index is 13.2. The predicted octanol–water partition coefficient (Wildman–Crippen LogP) is 7.37. The Morgan fingerprint density at radius 1 is 0.941 bits per heavy atom. The number of nitrogens with one attached hydrogen (secondary N) is 1. The van der Waals surface area contributed by atoms with Crippen LogP contribution >= 0.6 is 11.6 Å². The van der Waals surface area contributed by atoms with Crippen LogP contribution in [0.1, 0.15) is 47.0 Å². The monoisotopic (exact) mass is 471 g/mol. The molecule has 5 aromatic rings. The van der Waals surface area contributed by atoms with Crippen molar-refractivity contribution in [2.24, 2.45) is 0 Å². The Kier molecular flexibility index (Phi) is 5.72. The lowest BCUT2D eigenvalue weighted by molar-refractivity contribution is -0.115. The van der Waals surface area contributed by atoms with Gasteiger partial charge in [-0.3, -0.25) is 9.59 Å². The minimum Gasteiger partial charge on any atom is -0.464 e. The van der Waals surface area contributed by atoms with Crippen LogP contribution < -0.4 is 5.32 Å². The Hall–Kier alpha value is -3.83. The molecule has 0 aliphatic carbocycles. The van der Waals surface area contributed by atoms with Gasteiger partial charge >= 0.3 is 0 Å². The number of para-hydroxylation sites is 1. The van der Waals surface area contributed by atoms with Gasteiger partial charge in [-0.05, 0) is 60.0 Å². The molecule has 1 N–H and O–H groups in total. The second-order valence-corrected chi connectivity index (χ2v) is 8.97. The van der Waals surface area contributed by atoms with E-state index in [0.717, 1.165) is 16.5 Å². The SMILES string of the molecule is CC(C)c1ccc2occ(CC(=O)Nc3c(C(=O)c4ccc(Cl)cc4)oc4ccccc34)c2c1. The van der Waals surface area contributed by atoms with Crippen molar-refractivity contribution in [1.82, 2.24) is 0 Å². The first-order valence-corrected chi connectivity index (χ1v) is 11.4. The van der Waals surface area contributed by atoms with Crippen molar-refractivity contribution in [3.05, 3.63) is 100 Å². The molecule has 0 radical (unpaired) electrons. The van der Waals surface area contributed by atoms with Gasteiger partial charge in [0, 0.05) is 26.9 Å². The first kappa shape index (κ1) is 22.0. The lowest BCUT2D eigenvalue weighted by Crippen LogP contribution is -2.16. The zero-order chi connectivity index (χ0) is 23.8. The Morgan fingerprint density at radius 2 is 1.71 bits per heavy atom. The second kappa shape index (κ2) is 8.84. The zero-order valence-corrected chi connectivity index (χ0v) is 19.5. The first-order chi connectivity index (χ1) is 16.4. The molecule has 2 aromatic heterocycles. The molecule has 5 nitrogen and oxygen atoms in total. The number of amides is 1. The van der Waals surface area contributed by atoms with E-state index in [4.69, 9.17) is 20.4 Å². The summed E-state index contributed by atoms with van der Waals surface area (Å²) in [5.74, 6) is -0.163. The largest absolute Gasteiger partial charge is 0.464 e. The first-order valence-electron chi connectivity index (χ1n) is 11.0. The van der Waals surface area contributed by atoms with Crippen molar-refractivity contribution in [3.8, 4) is 0 Å². The zero-order valence-electron chi connectivity index (χ0n) is 18.7. The number of carbonyl (C=O) groups excluding carboxylic acids is 2. The van der Waals surface area contributed by atoms with Crippen LogP contribution in [0.15, 0.2) is 81.8 Å². The van der Waals surface area contributed by atoms with E-state index >= 15 is 0 Å². The molecule has 6 heteroatoms. The van der Waals surface area contributed by atoms with Crippen LogP contribution in [-0.2, 0) is 11.2 Å². The Bertz CT molecular complexity index is 1530. The molecular weight excluding hydrogens is 450 g/mol. The van der Waals surface area contributed by atoms with Gasteiger partial charge in [0.15, 0.2) is 5.76 Å². The summed E-state index contributed by atoms with van der Waals surface area (Å²) in [5.41, 5.74) is 3.99. The highest BCUT2D eigenvalue weighted by molar-refractivity contribution is 6.30. The molecule has 0 atom stereocenters. The second-order valence-electron chi connectivity index (χ2n) is 8.53. The summed E-state index contributed by atoms with van der Waals surface area (Å²) in [7, 11) is 0. The molecule has 1 amide bonds. The van der Waals surface area contributed by atoms with Crippen LogP contribution in [0.2, 0.25) is 5.02 Å². The molecule has 0 spiro atoms. The number of benzene rings is 3. The number of anilines is 1. The number of rotatable bonds is 6. The third-order valence-corrected chi connectivity index (χ3v) is 6.12. The van der Waals surface area contributed by atoms with Crippen LogP contribution in [0.3, 0.4) is 0 Å². The molecule has 34 heavy (non-hydrogen) atoms. The van der Waals surface area contributed by atoms with Gasteiger partial charge in [0.1, 0.15) is 11.2 Å². The van der Waals surface area contributed by atoms with Gasteiger partial charge in [-0.1, -0.05) is 43.6 Å². The molecule has 170 valence electrons. The molecule has 0 aliphatic heterocycles. The molecule has 0 saturated carbocycles. The number of halogens is 1. The quantitative estimate of drug-likeness (QED) is 0.262. The smallest absolute Gasteiger partial charge is 0.230 e. The normalized spacial score (nSPS) is 11.4. The van der Waals surface area contributed by atoms with Gasteiger partial charge in [-0.2, -0.15) is 0 Å². The van der Waals surface area contributed by atoms with E-state index in [1.165, 1.54) is 5.56 Å². The van der Waals surface area contributed by atoms with Crippen molar-refractivity contribution in [1.29, 1.82) is 0 Å². The summed E-state index contributed by atoms with van der Waals surface area (Å²) in [6.45, 7) is 4.24. The predicted molar refractivity (Wildman–Crippen MR) is 134 cm³/mol. The van der Waals surface area contributed by atoms with E-state index in [1.807, 2.05) is 30.3 Å². The molecule has 2 heterocycles. The molecule has 3 aromatic carbocycles. The summed E-state index contributed by atoms with van der Waals surface area (Å²) in [6.07, 6.45) is 1.71. The van der Waals surface area contributed by atoms with Gasteiger partial charge in [0.25, 0.3) is 0 Å². The lowest BCUT2D eigenvalue weighted by atomic mass is 10.00. The summed E-state index contributed by atoms with van der Waals surface area (Å²) < 4.78 is 11.5. The van der Waals surface area contributed by atoms with Gasteiger partial charge < -0.3 is 14.2 Å². The molecule has 0 unspecified atom stereocenters.